The summed E-state index contributed by atoms with van der Waals surface area (Å²) in [6, 6.07) is 21.6. The molecule has 2 aromatic carbocycles. The van der Waals surface area contributed by atoms with Gasteiger partial charge in [0.1, 0.15) is 17.7 Å². The van der Waals surface area contributed by atoms with Gasteiger partial charge in [0.05, 0.1) is 30.7 Å². The van der Waals surface area contributed by atoms with Crippen LogP contribution in [0.25, 0.3) is 22.3 Å². The summed E-state index contributed by atoms with van der Waals surface area (Å²) in [4.78, 5) is 36.9. The molecule has 0 saturated carbocycles. The number of rotatable bonds is 10. The van der Waals surface area contributed by atoms with Crippen LogP contribution in [-0.2, 0) is 15.0 Å². The van der Waals surface area contributed by atoms with Crippen LogP contribution in [0.5, 0.6) is 11.5 Å². The van der Waals surface area contributed by atoms with E-state index in [0.29, 0.717) is 25.7 Å². The summed E-state index contributed by atoms with van der Waals surface area (Å²) in [7, 11) is 3.29. The summed E-state index contributed by atoms with van der Waals surface area (Å²) in [6.07, 6.45) is 10.4. The maximum absolute atomic E-state index is 14.7. The van der Waals surface area contributed by atoms with Crippen molar-refractivity contribution in [3.05, 3.63) is 97.1 Å². The number of nitrogens with zero attached hydrogens (tertiary/aromatic N) is 4. The molecule has 1 aliphatic carbocycles. The molecule has 8 nitrogen and oxygen atoms in total. The molecule has 1 fully saturated rings. The molecule has 4 heterocycles. The number of hydrogen-bond acceptors (Lipinski definition) is 5. The van der Waals surface area contributed by atoms with Gasteiger partial charge in [0.15, 0.2) is 0 Å². The van der Waals surface area contributed by atoms with Crippen molar-refractivity contribution in [1.29, 1.82) is 0 Å². The molecular weight excluding hydrogens is 600 g/mol. The highest BCUT2D eigenvalue weighted by Gasteiger charge is 2.60. The quantitative estimate of drug-likeness (QED) is 0.142. The zero-order valence-corrected chi connectivity index (χ0v) is 28.5. The molecule has 0 unspecified atom stereocenters. The number of aromatic nitrogens is 2. The van der Waals surface area contributed by atoms with Crippen molar-refractivity contribution in [3.63, 3.8) is 0 Å². The zero-order chi connectivity index (χ0) is 33.8. The number of pyridine rings is 2. The van der Waals surface area contributed by atoms with Gasteiger partial charge in [-0.1, -0.05) is 27.7 Å². The second kappa shape index (κ2) is 11.8. The van der Waals surface area contributed by atoms with Gasteiger partial charge in [-0.3, -0.25) is 24.4 Å². The molecule has 0 radical (unpaired) electrons. The van der Waals surface area contributed by atoms with Crippen LogP contribution < -0.4 is 19.3 Å². The Morgan fingerprint density at radius 3 is 1.83 bits per heavy atom. The van der Waals surface area contributed by atoms with Crippen LogP contribution in [0, 0.1) is 5.41 Å². The Bertz CT molecular complexity index is 1940. The summed E-state index contributed by atoms with van der Waals surface area (Å²) in [5.74, 6) is 1.69. The number of benzene rings is 2. The molecule has 2 amide bonds. The first-order valence-corrected chi connectivity index (χ1v) is 16.9. The standard InChI is InChI=1S/C40H42N4O4/c1-7-39(8-2)34-31-21-24-42(36-40(9-3,10-4)38(46)44(36)28-13-17-30(48-6)18-14-28)25-32(31)33(26-19-22-41-23-20-26)35(34)43(37(39)45)27-11-15-29(47-5)16-12-27/h11-25,36H,7-10H2,1-6H3/t36-/m0/s1. The van der Waals surface area contributed by atoms with E-state index in [1.807, 2.05) is 70.5 Å². The number of β-lactam (4-membered cyclic amide) rings is 1. The average Bonchev–Trinajstić information content (AvgIpc) is 3.59. The average molecular weight is 643 g/mol. The van der Waals surface area contributed by atoms with Crippen molar-refractivity contribution in [2.75, 3.05) is 24.0 Å². The van der Waals surface area contributed by atoms with E-state index < -0.39 is 10.8 Å². The van der Waals surface area contributed by atoms with E-state index in [1.165, 1.54) is 0 Å². The highest BCUT2D eigenvalue weighted by Crippen LogP contribution is 2.61. The molecule has 8 heteroatoms. The van der Waals surface area contributed by atoms with Crippen LogP contribution in [0.4, 0.5) is 17.1 Å². The maximum atomic E-state index is 14.7. The Kier molecular flexibility index (Phi) is 7.77. The fourth-order valence-electron chi connectivity index (χ4n) is 8.27. The predicted molar refractivity (Wildman–Crippen MR) is 189 cm³/mol. The van der Waals surface area contributed by atoms with Crippen molar-refractivity contribution >= 4 is 28.9 Å². The fourth-order valence-corrected chi connectivity index (χ4v) is 8.27. The molecular formula is C40H42N4O4. The number of fused-ring (bicyclic) bond motifs is 3. The molecule has 1 aromatic heterocycles. The van der Waals surface area contributed by atoms with Gasteiger partial charge in [0, 0.05) is 52.9 Å². The van der Waals surface area contributed by atoms with Gasteiger partial charge in [0.2, 0.25) is 11.8 Å². The highest BCUT2D eigenvalue weighted by atomic mass is 16.5. The van der Waals surface area contributed by atoms with E-state index in [0.717, 1.165) is 56.4 Å². The summed E-state index contributed by atoms with van der Waals surface area (Å²) >= 11 is 0. The Balaban J connectivity index is 1.50. The van der Waals surface area contributed by atoms with Gasteiger partial charge < -0.3 is 14.0 Å². The van der Waals surface area contributed by atoms with Gasteiger partial charge in [-0.2, -0.15) is 0 Å². The monoisotopic (exact) mass is 642 g/mol. The minimum atomic E-state index is -0.691. The molecule has 48 heavy (non-hydrogen) atoms. The summed E-state index contributed by atoms with van der Waals surface area (Å²) < 4.78 is 13.1. The number of carbonyl (C=O) groups is 2. The number of methoxy groups -OCH3 is 2. The fraction of sp³-hybridized carbons (Fsp3) is 0.325. The van der Waals surface area contributed by atoms with E-state index in [9.17, 15) is 9.59 Å². The van der Waals surface area contributed by atoms with Crippen LogP contribution in [0.2, 0.25) is 0 Å². The van der Waals surface area contributed by atoms with Crippen molar-refractivity contribution in [1.82, 2.24) is 9.55 Å². The number of anilines is 3. The Morgan fingerprint density at radius 2 is 1.29 bits per heavy atom. The normalized spacial score (nSPS) is 17.8. The molecule has 3 aromatic rings. The number of hydrogen-bond donors (Lipinski definition) is 0. The van der Waals surface area contributed by atoms with Gasteiger partial charge >= 0.3 is 0 Å². The Hall–Kier alpha value is -5.11. The number of amides is 2. The third-order valence-electron chi connectivity index (χ3n) is 11.1. The second-order valence-corrected chi connectivity index (χ2v) is 12.8. The first-order chi connectivity index (χ1) is 23.3. The third-order valence-corrected chi connectivity index (χ3v) is 11.1. The number of ether oxygens (including phenoxy) is 2. The minimum absolute atomic E-state index is 0.0860. The second-order valence-electron chi connectivity index (χ2n) is 12.8. The van der Waals surface area contributed by atoms with Crippen LogP contribution in [0.3, 0.4) is 0 Å². The van der Waals surface area contributed by atoms with Gasteiger partial charge in [-0.15, -0.1) is 0 Å². The molecule has 0 spiro atoms. The molecule has 1 saturated heterocycles. The molecule has 0 N–H and O–H groups in total. The number of carbonyl (C=O) groups excluding carboxylic acids is 2. The van der Waals surface area contributed by atoms with E-state index in [2.05, 4.69) is 55.7 Å². The van der Waals surface area contributed by atoms with Crippen LogP contribution in [-0.4, -0.2) is 35.6 Å². The lowest BCUT2D eigenvalue weighted by Gasteiger charge is -2.56. The van der Waals surface area contributed by atoms with Crippen LogP contribution in [0.1, 0.15) is 65.1 Å². The SMILES string of the molecule is CCC1(CC)C(=O)N(c2ccc(OC)cc2)c2c(-c3ccncc3)c3cn([C@H]4N(c5ccc(OC)cc5)C(=O)C4(CC)CC)ccc-3c21. The summed E-state index contributed by atoms with van der Waals surface area (Å²) in [6.45, 7) is 8.43. The summed E-state index contributed by atoms with van der Waals surface area (Å²) in [5.41, 5.74) is 6.45. The molecule has 7 rings (SSSR count). The predicted octanol–water partition coefficient (Wildman–Crippen LogP) is 8.76. The molecule has 1 atom stereocenters. The molecule has 0 bridgehead atoms. The van der Waals surface area contributed by atoms with Crippen molar-refractivity contribution in [3.8, 4) is 33.8 Å². The minimum Gasteiger partial charge on any atom is -0.497 e. The van der Waals surface area contributed by atoms with Gasteiger partial charge in [0.25, 0.3) is 0 Å². The van der Waals surface area contributed by atoms with E-state index in [1.54, 1.807) is 26.6 Å². The lowest BCUT2D eigenvalue weighted by atomic mass is 9.69. The molecule has 4 aliphatic rings. The summed E-state index contributed by atoms with van der Waals surface area (Å²) in [5, 5.41) is 0. The zero-order valence-electron chi connectivity index (χ0n) is 28.5. The van der Waals surface area contributed by atoms with Gasteiger partial charge in [-0.05, 0) is 104 Å². The van der Waals surface area contributed by atoms with Crippen molar-refractivity contribution in [2.45, 2.75) is 65.0 Å². The lowest BCUT2D eigenvalue weighted by Crippen LogP contribution is -2.65. The van der Waals surface area contributed by atoms with Crippen molar-refractivity contribution < 1.29 is 19.1 Å². The van der Waals surface area contributed by atoms with E-state index in [4.69, 9.17) is 9.47 Å². The van der Waals surface area contributed by atoms with E-state index in [-0.39, 0.29) is 18.0 Å². The van der Waals surface area contributed by atoms with Crippen LogP contribution in [0.15, 0.2) is 91.5 Å². The largest absolute Gasteiger partial charge is 0.497 e. The lowest BCUT2D eigenvalue weighted by molar-refractivity contribution is -0.144. The Morgan fingerprint density at radius 1 is 0.708 bits per heavy atom. The highest BCUT2D eigenvalue weighted by molar-refractivity contribution is 6.21. The smallest absolute Gasteiger partial charge is 0.242 e. The first-order valence-electron chi connectivity index (χ1n) is 16.9. The molecule has 246 valence electrons. The van der Waals surface area contributed by atoms with Crippen molar-refractivity contribution in [2.24, 2.45) is 5.41 Å². The Labute approximate surface area is 282 Å². The topological polar surface area (TPSA) is 76.9 Å². The molecule has 3 aliphatic heterocycles. The first kappa shape index (κ1) is 31.5. The van der Waals surface area contributed by atoms with E-state index >= 15 is 0 Å². The van der Waals surface area contributed by atoms with Crippen LogP contribution >= 0.6 is 0 Å². The van der Waals surface area contributed by atoms with Gasteiger partial charge in [-0.25, -0.2) is 0 Å². The third kappa shape index (κ3) is 4.24. The maximum Gasteiger partial charge on any atom is 0.242 e.